The van der Waals surface area contributed by atoms with E-state index in [1.807, 2.05) is 39.2 Å². The van der Waals surface area contributed by atoms with Gasteiger partial charge in [-0.1, -0.05) is 12.1 Å². The van der Waals surface area contributed by atoms with E-state index in [1.54, 1.807) is 19.2 Å². The second-order valence-corrected chi connectivity index (χ2v) is 7.81. The first kappa shape index (κ1) is 23.3. The summed E-state index contributed by atoms with van der Waals surface area (Å²) < 4.78 is 11.5. The number of nitrogens with two attached hydrogens (primary N) is 1. The number of nitrogens with one attached hydrogen (secondary N) is 1. The molecule has 3 aromatic rings. The lowest BCUT2D eigenvalue weighted by molar-refractivity contribution is 0.100. The number of aliphatic hydroxyl groups excluding tert-OH is 1. The Morgan fingerprint density at radius 3 is 2.69 bits per heavy atom. The van der Waals surface area contributed by atoms with Crippen molar-refractivity contribution in [1.29, 1.82) is 0 Å². The van der Waals surface area contributed by atoms with Crippen LogP contribution in [0, 0.1) is 6.92 Å². The highest BCUT2D eigenvalue weighted by Crippen LogP contribution is 2.38. The van der Waals surface area contributed by atoms with Crippen LogP contribution in [0.15, 0.2) is 36.5 Å². The van der Waals surface area contributed by atoms with Crippen LogP contribution < -0.4 is 20.5 Å². The summed E-state index contributed by atoms with van der Waals surface area (Å²) >= 11 is 0. The highest BCUT2D eigenvalue weighted by Gasteiger charge is 2.18. The van der Waals surface area contributed by atoms with Gasteiger partial charge in [0.1, 0.15) is 0 Å². The van der Waals surface area contributed by atoms with Crippen molar-refractivity contribution in [3.05, 3.63) is 53.2 Å². The van der Waals surface area contributed by atoms with E-state index in [4.69, 9.17) is 15.2 Å². The van der Waals surface area contributed by atoms with Crippen molar-refractivity contribution in [2.45, 2.75) is 20.0 Å². The number of carbonyl (C=O) groups is 1. The molecule has 1 heterocycles. The fourth-order valence-corrected chi connectivity index (χ4v) is 3.48. The standard InChI is InChI=1S/C24H30N4O4/c1-15-16(14-29)7-5-8-19(15)27-23-17-11-21(31-4)22(32-10-6-9-28(2)3)12-20(17)26-13-18(23)24(25)30/h5,7-8,11-13,29H,6,9-10,14H2,1-4H3,(H2,25,30)(H,26,27). The number of benzene rings is 2. The number of primary amides is 1. The first-order valence-electron chi connectivity index (χ1n) is 10.4. The monoisotopic (exact) mass is 438 g/mol. The van der Waals surface area contributed by atoms with Gasteiger partial charge in [0, 0.05) is 29.9 Å². The number of nitrogens with zero attached hydrogens (tertiary/aromatic N) is 2. The molecule has 4 N–H and O–H groups in total. The van der Waals surface area contributed by atoms with Gasteiger partial charge in [0.15, 0.2) is 11.5 Å². The number of rotatable bonds is 10. The van der Waals surface area contributed by atoms with Gasteiger partial charge in [-0.3, -0.25) is 9.78 Å². The van der Waals surface area contributed by atoms with E-state index in [0.717, 1.165) is 29.8 Å². The molecule has 0 aliphatic carbocycles. The SMILES string of the molecule is COc1cc2c(Nc3cccc(CO)c3C)c(C(N)=O)cnc2cc1OCCCN(C)C. The number of amides is 1. The lowest BCUT2D eigenvalue weighted by Gasteiger charge is -2.18. The van der Waals surface area contributed by atoms with Crippen LogP contribution in [0.2, 0.25) is 0 Å². The Hall–Kier alpha value is -3.36. The van der Waals surface area contributed by atoms with Crippen LogP contribution in [0.25, 0.3) is 10.9 Å². The van der Waals surface area contributed by atoms with Gasteiger partial charge in [-0.25, -0.2) is 0 Å². The Kier molecular flexibility index (Phi) is 7.50. The van der Waals surface area contributed by atoms with Gasteiger partial charge in [0.25, 0.3) is 5.91 Å². The maximum absolute atomic E-state index is 12.2. The first-order chi connectivity index (χ1) is 15.3. The number of methoxy groups -OCH3 is 1. The molecule has 0 unspecified atom stereocenters. The average molecular weight is 439 g/mol. The van der Waals surface area contributed by atoms with Crippen LogP contribution in [0.5, 0.6) is 11.5 Å². The number of aromatic nitrogens is 1. The third-order valence-corrected chi connectivity index (χ3v) is 5.30. The van der Waals surface area contributed by atoms with Gasteiger partial charge in [-0.05, 0) is 50.7 Å². The highest BCUT2D eigenvalue weighted by molar-refractivity contribution is 6.08. The van der Waals surface area contributed by atoms with E-state index >= 15 is 0 Å². The largest absolute Gasteiger partial charge is 0.493 e. The summed E-state index contributed by atoms with van der Waals surface area (Å²) in [5.41, 5.74) is 9.49. The Morgan fingerprint density at radius 2 is 2.03 bits per heavy atom. The maximum Gasteiger partial charge on any atom is 0.252 e. The van der Waals surface area contributed by atoms with Crippen LogP contribution in [-0.2, 0) is 6.61 Å². The Bertz CT molecular complexity index is 1110. The van der Waals surface area contributed by atoms with Gasteiger partial charge in [0.2, 0.25) is 0 Å². The zero-order valence-electron chi connectivity index (χ0n) is 18.9. The van der Waals surface area contributed by atoms with Crippen LogP contribution in [0.3, 0.4) is 0 Å². The third-order valence-electron chi connectivity index (χ3n) is 5.30. The minimum atomic E-state index is -0.596. The number of hydrogen-bond acceptors (Lipinski definition) is 7. The normalized spacial score (nSPS) is 11.1. The van der Waals surface area contributed by atoms with Crippen molar-refractivity contribution in [2.24, 2.45) is 5.73 Å². The van der Waals surface area contributed by atoms with Gasteiger partial charge in [-0.15, -0.1) is 0 Å². The first-order valence-corrected chi connectivity index (χ1v) is 10.4. The van der Waals surface area contributed by atoms with E-state index in [9.17, 15) is 9.90 Å². The van der Waals surface area contributed by atoms with Crippen LogP contribution in [0.1, 0.15) is 27.9 Å². The smallest absolute Gasteiger partial charge is 0.252 e. The molecule has 1 aromatic heterocycles. The minimum absolute atomic E-state index is 0.0799. The molecule has 8 nitrogen and oxygen atoms in total. The lowest BCUT2D eigenvalue weighted by Crippen LogP contribution is -2.16. The predicted molar refractivity (Wildman–Crippen MR) is 126 cm³/mol. The second kappa shape index (κ2) is 10.3. The lowest BCUT2D eigenvalue weighted by atomic mass is 10.0. The summed E-state index contributed by atoms with van der Waals surface area (Å²) in [6, 6.07) is 9.17. The summed E-state index contributed by atoms with van der Waals surface area (Å²) in [5.74, 6) is 0.526. The molecule has 3 rings (SSSR count). The number of fused-ring (bicyclic) bond motifs is 1. The molecule has 8 heteroatoms. The molecule has 32 heavy (non-hydrogen) atoms. The summed E-state index contributed by atoms with van der Waals surface area (Å²) in [6.45, 7) is 3.28. The zero-order chi connectivity index (χ0) is 23.3. The average Bonchev–Trinajstić information content (AvgIpc) is 2.77. The van der Waals surface area contributed by atoms with Gasteiger partial charge >= 0.3 is 0 Å². The highest BCUT2D eigenvalue weighted by atomic mass is 16.5. The van der Waals surface area contributed by atoms with E-state index in [-0.39, 0.29) is 12.2 Å². The Balaban J connectivity index is 2.06. The Labute approximate surface area is 188 Å². The number of pyridine rings is 1. The van der Waals surface area contributed by atoms with Gasteiger partial charge < -0.3 is 30.5 Å². The van der Waals surface area contributed by atoms with Crippen LogP contribution in [0.4, 0.5) is 11.4 Å². The van der Waals surface area contributed by atoms with E-state index < -0.39 is 5.91 Å². The molecule has 0 atom stereocenters. The minimum Gasteiger partial charge on any atom is -0.493 e. The summed E-state index contributed by atoms with van der Waals surface area (Å²) in [5, 5.41) is 13.6. The molecule has 0 saturated heterocycles. The van der Waals surface area contributed by atoms with E-state index in [1.165, 1.54) is 6.20 Å². The number of ether oxygens (including phenoxy) is 2. The van der Waals surface area contributed by atoms with Crippen molar-refractivity contribution in [3.63, 3.8) is 0 Å². The van der Waals surface area contributed by atoms with Crippen molar-refractivity contribution in [3.8, 4) is 11.5 Å². The number of anilines is 2. The molecular weight excluding hydrogens is 408 g/mol. The van der Waals surface area contributed by atoms with Crippen LogP contribution >= 0.6 is 0 Å². The maximum atomic E-state index is 12.2. The van der Waals surface area contributed by atoms with Crippen LogP contribution in [-0.4, -0.2) is 55.3 Å². The molecule has 170 valence electrons. The zero-order valence-corrected chi connectivity index (χ0v) is 18.9. The predicted octanol–water partition coefficient (Wildman–Crippen LogP) is 3.22. The van der Waals surface area contributed by atoms with Crippen molar-refractivity contribution in [2.75, 3.05) is 39.7 Å². The van der Waals surface area contributed by atoms with Gasteiger partial charge in [-0.2, -0.15) is 0 Å². The quantitative estimate of drug-likeness (QED) is 0.417. The van der Waals surface area contributed by atoms with Crippen molar-refractivity contribution < 1.29 is 19.4 Å². The fraction of sp³-hybridized carbons (Fsp3) is 0.333. The fourth-order valence-electron chi connectivity index (χ4n) is 3.48. The number of hydrogen-bond donors (Lipinski definition) is 3. The molecule has 0 radical (unpaired) electrons. The molecule has 0 bridgehead atoms. The number of aliphatic hydroxyl groups is 1. The van der Waals surface area contributed by atoms with E-state index in [0.29, 0.717) is 34.7 Å². The molecule has 0 aliphatic rings. The topological polar surface area (TPSA) is 110 Å². The number of carbonyl (C=O) groups excluding carboxylic acids is 1. The Morgan fingerprint density at radius 1 is 1.25 bits per heavy atom. The second-order valence-electron chi connectivity index (χ2n) is 7.81. The molecule has 0 spiro atoms. The molecule has 1 amide bonds. The molecular formula is C24H30N4O4. The summed E-state index contributed by atoms with van der Waals surface area (Å²) in [4.78, 5) is 18.7. The molecule has 2 aromatic carbocycles. The molecule has 0 aliphatic heterocycles. The summed E-state index contributed by atoms with van der Waals surface area (Å²) in [6.07, 6.45) is 2.33. The third kappa shape index (κ3) is 5.09. The van der Waals surface area contributed by atoms with Crippen molar-refractivity contribution >= 4 is 28.2 Å². The van der Waals surface area contributed by atoms with E-state index in [2.05, 4.69) is 15.2 Å². The molecule has 0 fully saturated rings. The van der Waals surface area contributed by atoms with Gasteiger partial charge in [0.05, 0.1) is 37.1 Å². The molecule has 0 saturated carbocycles. The summed E-state index contributed by atoms with van der Waals surface area (Å²) in [7, 11) is 5.61. The van der Waals surface area contributed by atoms with Crippen molar-refractivity contribution in [1.82, 2.24) is 9.88 Å².